The van der Waals surface area contributed by atoms with Gasteiger partial charge in [-0.05, 0) is 11.6 Å². The van der Waals surface area contributed by atoms with E-state index in [9.17, 15) is 18.0 Å². The summed E-state index contributed by atoms with van der Waals surface area (Å²) in [6, 6.07) is 3.99. The predicted octanol–water partition coefficient (Wildman–Crippen LogP) is 1.86. The smallest absolute Gasteiger partial charge is 0.383 e. The van der Waals surface area contributed by atoms with Gasteiger partial charge in [-0.2, -0.15) is 13.2 Å². The highest BCUT2D eigenvalue weighted by molar-refractivity contribution is 5.76. The summed E-state index contributed by atoms with van der Waals surface area (Å²) in [4.78, 5) is 11.5. The minimum Gasteiger partial charge on any atom is -0.383 e. The molecule has 0 heterocycles. The Morgan fingerprint density at radius 3 is 2.65 bits per heavy atom. The summed E-state index contributed by atoms with van der Waals surface area (Å²) in [5, 5.41) is 2.52. The molecule has 0 fully saturated rings. The van der Waals surface area contributed by atoms with Gasteiger partial charge in [-0.15, -0.1) is 0 Å². The van der Waals surface area contributed by atoms with E-state index in [0.29, 0.717) is 13.2 Å². The number of nitrogens with one attached hydrogen (secondary N) is 1. The topological polar surface area (TPSA) is 64.3 Å². The summed E-state index contributed by atoms with van der Waals surface area (Å²) in [6.07, 6.45) is -4.70. The molecule has 4 nitrogen and oxygen atoms in total. The van der Waals surface area contributed by atoms with Crippen LogP contribution in [0.3, 0.4) is 0 Å². The summed E-state index contributed by atoms with van der Waals surface area (Å²) in [7, 11) is 1.48. The molecular formula is C13H17F3N2O2. The Labute approximate surface area is 115 Å². The van der Waals surface area contributed by atoms with Crippen molar-refractivity contribution in [1.82, 2.24) is 5.32 Å². The maximum atomic E-state index is 12.8. The molecule has 20 heavy (non-hydrogen) atoms. The molecule has 0 unspecified atom stereocenters. The molecule has 0 spiro atoms. The molecule has 112 valence electrons. The van der Waals surface area contributed by atoms with Crippen molar-refractivity contribution in [2.24, 2.45) is 5.73 Å². The van der Waals surface area contributed by atoms with Crippen molar-refractivity contribution in [3.63, 3.8) is 0 Å². The Bertz CT molecular complexity index is 449. The Morgan fingerprint density at radius 1 is 1.40 bits per heavy atom. The summed E-state index contributed by atoms with van der Waals surface area (Å²) < 4.78 is 43.2. The van der Waals surface area contributed by atoms with E-state index in [1.54, 1.807) is 0 Å². The molecule has 0 saturated heterocycles. The highest BCUT2D eigenvalue weighted by Crippen LogP contribution is 2.34. The van der Waals surface area contributed by atoms with Gasteiger partial charge in [-0.3, -0.25) is 4.79 Å². The van der Waals surface area contributed by atoms with Gasteiger partial charge in [-0.1, -0.05) is 18.2 Å². The van der Waals surface area contributed by atoms with E-state index in [2.05, 4.69) is 5.32 Å². The standard InChI is InChI=1S/C13H17F3N2O2/c1-20-7-6-18-12(19)8-11(17)9-4-2-3-5-10(9)13(14,15)16/h2-5,11H,6-8,17H2,1H3,(H,18,19)/t11-/m0/s1. The first-order valence-corrected chi connectivity index (χ1v) is 6.03. The van der Waals surface area contributed by atoms with Gasteiger partial charge in [0.15, 0.2) is 0 Å². The fraction of sp³-hybridized carbons (Fsp3) is 0.462. The lowest BCUT2D eigenvalue weighted by molar-refractivity contribution is -0.138. The normalized spacial score (nSPS) is 13.1. The van der Waals surface area contributed by atoms with E-state index < -0.39 is 23.7 Å². The van der Waals surface area contributed by atoms with Gasteiger partial charge in [0, 0.05) is 26.1 Å². The third kappa shape index (κ3) is 4.82. The summed E-state index contributed by atoms with van der Waals surface area (Å²) in [6.45, 7) is 0.628. The van der Waals surface area contributed by atoms with Crippen LogP contribution in [0.1, 0.15) is 23.6 Å². The lowest BCUT2D eigenvalue weighted by atomic mass is 9.98. The zero-order chi connectivity index (χ0) is 15.2. The van der Waals surface area contributed by atoms with E-state index >= 15 is 0 Å². The number of methoxy groups -OCH3 is 1. The van der Waals surface area contributed by atoms with Gasteiger partial charge >= 0.3 is 6.18 Å². The number of alkyl halides is 3. The van der Waals surface area contributed by atoms with Gasteiger partial charge in [0.05, 0.1) is 12.2 Å². The van der Waals surface area contributed by atoms with Gasteiger partial charge < -0.3 is 15.8 Å². The Kier molecular flexibility index (Phi) is 5.97. The minimum atomic E-state index is -4.49. The van der Waals surface area contributed by atoms with Crippen LogP contribution in [0.15, 0.2) is 24.3 Å². The highest BCUT2D eigenvalue weighted by Gasteiger charge is 2.34. The van der Waals surface area contributed by atoms with Gasteiger partial charge in [-0.25, -0.2) is 0 Å². The van der Waals surface area contributed by atoms with Crippen LogP contribution in [-0.2, 0) is 15.7 Å². The van der Waals surface area contributed by atoms with E-state index in [1.807, 2.05) is 0 Å². The third-order valence-electron chi connectivity index (χ3n) is 2.70. The molecule has 0 aliphatic rings. The first-order chi connectivity index (χ1) is 9.36. The molecule has 1 atom stereocenters. The van der Waals surface area contributed by atoms with Crippen LogP contribution in [-0.4, -0.2) is 26.2 Å². The number of amides is 1. The largest absolute Gasteiger partial charge is 0.416 e. The number of hydrogen-bond donors (Lipinski definition) is 2. The molecule has 0 aliphatic carbocycles. The fourth-order valence-electron chi connectivity index (χ4n) is 1.75. The van der Waals surface area contributed by atoms with E-state index in [4.69, 9.17) is 10.5 Å². The van der Waals surface area contributed by atoms with Gasteiger partial charge in [0.1, 0.15) is 0 Å². The van der Waals surface area contributed by atoms with Crippen molar-refractivity contribution in [2.75, 3.05) is 20.3 Å². The second-order valence-electron chi connectivity index (χ2n) is 4.24. The lowest BCUT2D eigenvalue weighted by Gasteiger charge is -2.18. The second-order valence-corrected chi connectivity index (χ2v) is 4.24. The molecule has 0 aromatic heterocycles. The summed E-state index contributed by atoms with van der Waals surface area (Å²) >= 11 is 0. The molecular weight excluding hydrogens is 273 g/mol. The monoisotopic (exact) mass is 290 g/mol. The van der Waals surface area contributed by atoms with Crippen molar-refractivity contribution in [2.45, 2.75) is 18.6 Å². The Hall–Kier alpha value is -1.60. The molecule has 1 rings (SSSR count). The number of rotatable bonds is 6. The third-order valence-corrected chi connectivity index (χ3v) is 2.70. The molecule has 0 aliphatic heterocycles. The van der Waals surface area contributed by atoms with Gasteiger partial charge in [0.25, 0.3) is 0 Å². The number of carbonyl (C=O) groups excluding carboxylic acids is 1. The fourth-order valence-corrected chi connectivity index (χ4v) is 1.75. The minimum absolute atomic E-state index is 0.0816. The molecule has 1 aromatic rings. The molecule has 1 aromatic carbocycles. The van der Waals surface area contributed by atoms with Crippen LogP contribution in [0.25, 0.3) is 0 Å². The quantitative estimate of drug-likeness (QED) is 0.786. The van der Waals surface area contributed by atoms with Crippen LogP contribution in [0.4, 0.5) is 13.2 Å². The Balaban J connectivity index is 2.73. The summed E-state index contributed by atoms with van der Waals surface area (Å²) in [5.74, 6) is -0.411. The molecule has 0 radical (unpaired) electrons. The maximum absolute atomic E-state index is 12.8. The SMILES string of the molecule is COCCNC(=O)C[C@H](N)c1ccccc1C(F)(F)F. The number of carbonyl (C=O) groups is 1. The van der Waals surface area contributed by atoms with Crippen LogP contribution in [0, 0.1) is 0 Å². The van der Waals surface area contributed by atoms with Crippen LogP contribution in [0.5, 0.6) is 0 Å². The number of nitrogens with two attached hydrogens (primary N) is 1. The van der Waals surface area contributed by atoms with Gasteiger partial charge in [0.2, 0.25) is 5.91 Å². The zero-order valence-corrected chi connectivity index (χ0v) is 11.0. The maximum Gasteiger partial charge on any atom is 0.416 e. The average molecular weight is 290 g/mol. The number of benzene rings is 1. The highest BCUT2D eigenvalue weighted by atomic mass is 19.4. The zero-order valence-electron chi connectivity index (χ0n) is 11.0. The predicted molar refractivity (Wildman–Crippen MR) is 67.9 cm³/mol. The van der Waals surface area contributed by atoms with Crippen molar-refractivity contribution < 1.29 is 22.7 Å². The van der Waals surface area contributed by atoms with Crippen LogP contribution < -0.4 is 11.1 Å². The molecule has 7 heteroatoms. The van der Waals surface area contributed by atoms with Crippen LogP contribution in [0.2, 0.25) is 0 Å². The molecule has 0 bridgehead atoms. The van der Waals surface area contributed by atoms with E-state index in [1.165, 1.54) is 25.3 Å². The lowest BCUT2D eigenvalue weighted by Crippen LogP contribution is -2.30. The molecule has 0 saturated carbocycles. The first kappa shape index (κ1) is 16.5. The number of halogens is 3. The van der Waals surface area contributed by atoms with E-state index in [0.717, 1.165) is 6.07 Å². The first-order valence-electron chi connectivity index (χ1n) is 6.03. The Morgan fingerprint density at radius 2 is 2.05 bits per heavy atom. The van der Waals surface area contributed by atoms with Crippen molar-refractivity contribution in [3.8, 4) is 0 Å². The second kappa shape index (κ2) is 7.25. The number of ether oxygens (including phenoxy) is 1. The average Bonchev–Trinajstić information content (AvgIpc) is 2.38. The van der Waals surface area contributed by atoms with Crippen molar-refractivity contribution in [3.05, 3.63) is 35.4 Å². The van der Waals surface area contributed by atoms with Crippen molar-refractivity contribution in [1.29, 1.82) is 0 Å². The van der Waals surface area contributed by atoms with Crippen molar-refractivity contribution >= 4 is 5.91 Å². The number of hydrogen-bond acceptors (Lipinski definition) is 3. The molecule has 1 amide bonds. The van der Waals surface area contributed by atoms with Crippen LogP contribution >= 0.6 is 0 Å². The summed E-state index contributed by atoms with van der Waals surface area (Å²) in [5.41, 5.74) is 4.82. The molecule has 3 N–H and O–H groups in total. The van der Waals surface area contributed by atoms with E-state index in [-0.39, 0.29) is 12.0 Å².